The fourth-order valence-corrected chi connectivity index (χ4v) is 2.48. The zero-order valence-corrected chi connectivity index (χ0v) is 10.5. The van der Waals surface area contributed by atoms with Crippen LogP contribution < -0.4 is 5.32 Å². The number of nitrogens with one attached hydrogen (secondary N) is 1. The monoisotopic (exact) mass is 255 g/mol. The van der Waals surface area contributed by atoms with Crippen LogP contribution in [-0.4, -0.2) is 25.8 Å². The van der Waals surface area contributed by atoms with Crippen LogP contribution in [0.15, 0.2) is 30.3 Å². The predicted octanol–water partition coefficient (Wildman–Crippen LogP) is 2.94. The normalized spacial score (nSPS) is 24.4. The molecule has 4 heteroatoms. The summed E-state index contributed by atoms with van der Waals surface area (Å²) in [6.07, 6.45) is 2.96. The van der Waals surface area contributed by atoms with Gasteiger partial charge in [0, 0.05) is 18.7 Å². The van der Waals surface area contributed by atoms with Crippen LogP contribution in [0.4, 0.5) is 8.78 Å². The van der Waals surface area contributed by atoms with E-state index < -0.39 is 5.92 Å². The molecule has 1 aromatic rings. The van der Waals surface area contributed by atoms with Crippen molar-refractivity contribution in [2.45, 2.75) is 37.3 Å². The Balaban J connectivity index is 1.93. The lowest BCUT2D eigenvalue weighted by Gasteiger charge is -2.23. The Kier molecular flexibility index (Phi) is 4.30. The molecule has 0 heterocycles. The van der Waals surface area contributed by atoms with Gasteiger partial charge in [0.05, 0.1) is 12.6 Å². The molecule has 1 aliphatic rings. The Morgan fingerprint density at radius 2 is 2.00 bits per heavy atom. The van der Waals surface area contributed by atoms with Crippen molar-refractivity contribution >= 4 is 0 Å². The molecule has 2 unspecified atom stereocenters. The smallest absolute Gasteiger partial charge is 0.285 e. The minimum Gasteiger partial charge on any atom is -0.380 e. The lowest BCUT2D eigenvalue weighted by molar-refractivity contribution is -0.0119. The van der Waals surface area contributed by atoms with Crippen LogP contribution in [0.1, 0.15) is 24.8 Å². The summed E-state index contributed by atoms with van der Waals surface area (Å²) in [6, 6.07) is 7.98. The lowest BCUT2D eigenvalue weighted by atomic mass is 10.1. The van der Waals surface area contributed by atoms with E-state index in [-0.39, 0.29) is 24.3 Å². The summed E-state index contributed by atoms with van der Waals surface area (Å²) in [5.74, 6) is -2.83. The van der Waals surface area contributed by atoms with Crippen molar-refractivity contribution in [1.29, 1.82) is 0 Å². The van der Waals surface area contributed by atoms with Gasteiger partial charge >= 0.3 is 0 Å². The van der Waals surface area contributed by atoms with E-state index in [4.69, 9.17) is 4.74 Å². The number of hydrogen-bond donors (Lipinski definition) is 1. The Morgan fingerprint density at radius 1 is 1.28 bits per heavy atom. The number of rotatable bonds is 5. The molecule has 2 nitrogen and oxygen atoms in total. The molecule has 100 valence electrons. The van der Waals surface area contributed by atoms with E-state index >= 15 is 0 Å². The van der Waals surface area contributed by atoms with Crippen LogP contribution in [0.3, 0.4) is 0 Å². The van der Waals surface area contributed by atoms with Crippen molar-refractivity contribution in [2.75, 3.05) is 13.7 Å². The van der Waals surface area contributed by atoms with Crippen LogP contribution in [-0.2, 0) is 10.7 Å². The number of benzene rings is 1. The Hall–Kier alpha value is -1.00. The van der Waals surface area contributed by atoms with Gasteiger partial charge in [0.1, 0.15) is 0 Å². The second kappa shape index (κ2) is 5.76. The lowest BCUT2D eigenvalue weighted by Crippen LogP contribution is -2.42. The minimum absolute atomic E-state index is 0.0459. The van der Waals surface area contributed by atoms with Gasteiger partial charge < -0.3 is 10.1 Å². The number of ether oxygens (including phenoxy) is 1. The molecule has 0 bridgehead atoms. The van der Waals surface area contributed by atoms with Crippen LogP contribution >= 0.6 is 0 Å². The van der Waals surface area contributed by atoms with Gasteiger partial charge in [-0.15, -0.1) is 0 Å². The number of halogens is 2. The van der Waals surface area contributed by atoms with E-state index in [0.29, 0.717) is 0 Å². The zero-order chi connectivity index (χ0) is 13.0. The quantitative estimate of drug-likeness (QED) is 0.873. The first-order chi connectivity index (χ1) is 8.63. The van der Waals surface area contributed by atoms with Gasteiger partial charge in [-0.1, -0.05) is 30.3 Å². The van der Waals surface area contributed by atoms with E-state index in [0.717, 1.165) is 19.3 Å². The van der Waals surface area contributed by atoms with Gasteiger partial charge in [-0.25, -0.2) is 0 Å². The van der Waals surface area contributed by atoms with Crippen LogP contribution in [0, 0.1) is 0 Å². The molecular weight excluding hydrogens is 236 g/mol. The summed E-state index contributed by atoms with van der Waals surface area (Å²) < 4.78 is 33.2. The first-order valence-corrected chi connectivity index (χ1v) is 6.33. The fourth-order valence-electron chi connectivity index (χ4n) is 2.48. The highest BCUT2D eigenvalue weighted by Crippen LogP contribution is 2.28. The van der Waals surface area contributed by atoms with Crippen molar-refractivity contribution < 1.29 is 13.5 Å². The molecule has 0 radical (unpaired) electrons. The van der Waals surface area contributed by atoms with Crippen LogP contribution in [0.2, 0.25) is 0 Å². The third kappa shape index (κ3) is 3.06. The SMILES string of the molecule is COC1CCCC1NCC(F)(F)c1ccccc1. The Labute approximate surface area is 106 Å². The average molecular weight is 255 g/mol. The summed E-state index contributed by atoms with van der Waals surface area (Å²) in [5, 5.41) is 2.95. The fraction of sp³-hybridized carbons (Fsp3) is 0.571. The minimum atomic E-state index is -2.83. The maximum Gasteiger partial charge on any atom is 0.285 e. The van der Waals surface area contributed by atoms with Gasteiger partial charge in [-0.05, 0) is 19.3 Å². The van der Waals surface area contributed by atoms with E-state index in [1.165, 1.54) is 12.1 Å². The first kappa shape index (κ1) is 13.4. The van der Waals surface area contributed by atoms with Gasteiger partial charge in [-0.2, -0.15) is 8.78 Å². The highest BCUT2D eigenvalue weighted by atomic mass is 19.3. The van der Waals surface area contributed by atoms with Gasteiger partial charge in [0.2, 0.25) is 0 Å². The molecular formula is C14H19F2NO. The van der Waals surface area contributed by atoms with Crippen molar-refractivity contribution in [2.24, 2.45) is 0 Å². The third-order valence-corrected chi connectivity index (χ3v) is 3.54. The third-order valence-electron chi connectivity index (χ3n) is 3.54. The molecule has 2 rings (SSSR count). The standard InChI is InChI=1S/C14H19F2NO/c1-18-13-9-5-8-12(13)17-10-14(15,16)11-6-3-2-4-7-11/h2-4,6-7,12-13,17H,5,8-10H2,1H3. The van der Waals surface area contributed by atoms with Gasteiger partial charge in [0.25, 0.3) is 5.92 Å². The molecule has 0 aromatic heterocycles. The van der Waals surface area contributed by atoms with Crippen LogP contribution in [0.25, 0.3) is 0 Å². The maximum atomic E-state index is 13.9. The Bertz CT molecular complexity index is 369. The molecule has 1 aliphatic carbocycles. The molecule has 0 saturated heterocycles. The van der Waals surface area contributed by atoms with E-state index in [1.807, 2.05) is 0 Å². The predicted molar refractivity (Wildman–Crippen MR) is 66.8 cm³/mol. The second-order valence-corrected chi connectivity index (χ2v) is 4.76. The highest BCUT2D eigenvalue weighted by molar-refractivity contribution is 5.20. The number of alkyl halides is 2. The van der Waals surface area contributed by atoms with Crippen molar-refractivity contribution in [3.05, 3.63) is 35.9 Å². The van der Waals surface area contributed by atoms with Crippen molar-refractivity contribution in [3.8, 4) is 0 Å². The molecule has 1 aromatic carbocycles. The summed E-state index contributed by atoms with van der Waals surface area (Å²) in [7, 11) is 1.64. The molecule has 0 amide bonds. The van der Waals surface area contributed by atoms with Crippen molar-refractivity contribution in [3.63, 3.8) is 0 Å². The highest BCUT2D eigenvalue weighted by Gasteiger charge is 2.34. The summed E-state index contributed by atoms with van der Waals surface area (Å²) >= 11 is 0. The first-order valence-electron chi connectivity index (χ1n) is 6.33. The molecule has 18 heavy (non-hydrogen) atoms. The van der Waals surface area contributed by atoms with E-state index in [2.05, 4.69) is 5.32 Å². The maximum absolute atomic E-state index is 13.9. The van der Waals surface area contributed by atoms with E-state index in [9.17, 15) is 8.78 Å². The molecule has 1 saturated carbocycles. The number of hydrogen-bond acceptors (Lipinski definition) is 2. The summed E-state index contributed by atoms with van der Waals surface area (Å²) in [4.78, 5) is 0. The molecule has 1 fully saturated rings. The largest absolute Gasteiger partial charge is 0.380 e. The number of methoxy groups -OCH3 is 1. The zero-order valence-electron chi connectivity index (χ0n) is 10.5. The molecule has 0 aliphatic heterocycles. The van der Waals surface area contributed by atoms with Crippen LogP contribution in [0.5, 0.6) is 0 Å². The Morgan fingerprint density at radius 3 is 2.67 bits per heavy atom. The van der Waals surface area contributed by atoms with Crippen molar-refractivity contribution in [1.82, 2.24) is 5.32 Å². The summed E-state index contributed by atoms with van der Waals surface area (Å²) in [6.45, 7) is -0.332. The second-order valence-electron chi connectivity index (χ2n) is 4.76. The van der Waals surface area contributed by atoms with Gasteiger partial charge in [0.15, 0.2) is 0 Å². The average Bonchev–Trinajstić information content (AvgIpc) is 2.85. The summed E-state index contributed by atoms with van der Waals surface area (Å²) in [5.41, 5.74) is 0.0597. The molecule has 1 N–H and O–H groups in total. The topological polar surface area (TPSA) is 21.3 Å². The van der Waals surface area contributed by atoms with Gasteiger partial charge in [-0.3, -0.25) is 0 Å². The molecule has 0 spiro atoms. The van der Waals surface area contributed by atoms with E-state index in [1.54, 1.807) is 25.3 Å². The molecule has 2 atom stereocenters.